The van der Waals surface area contributed by atoms with Gasteiger partial charge in [0.15, 0.2) is 11.5 Å². The van der Waals surface area contributed by atoms with Crippen LogP contribution in [0.2, 0.25) is 0 Å². The van der Waals surface area contributed by atoms with Gasteiger partial charge in [-0.1, -0.05) is 42.2 Å². The van der Waals surface area contributed by atoms with Gasteiger partial charge in [0.05, 0.1) is 40.8 Å². The Balaban J connectivity index is 1.43. The number of fused-ring (bicyclic) bond motifs is 2. The minimum Gasteiger partial charge on any atom is -0.381 e. The standard InChI is InChI=1S/C30H25N9O/c1-18(35-30(40)27-28(31)37-39-13-7-12-32-29(27)39)23-15-26-25(14-24(23)20-8-5-4-6-9-20)22(16-33-36-26)11-10-21-17-34-38(3)19(21)2/h4-9,12-18H,1-3H3,(H2,31,37)(H,35,40). The number of carbonyl (C=O) groups excluding carboxylic acids is 1. The fraction of sp³-hybridized carbons (Fsp3) is 0.133. The van der Waals surface area contributed by atoms with Gasteiger partial charge in [-0.25, -0.2) is 9.50 Å². The number of carbonyl (C=O) groups is 1. The molecule has 2 aromatic carbocycles. The number of aryl methyl sites for hydroxylation is 1. The molecular weight excluding hydrogens is 502 g/mol. The third kappa shape index (κ3) is 4.39. The molecule has 0 fully saturated rings. The first kappa shape index (κ1) is 24.8. The zero-order valence-corrected chi connectivity index (χ0v) is 22.1. The lowest BCUT2D eigenvalue weighted by molar-refractivity contribution is 0.0942. The van der Waals surface area contributed by atoms with E-state index in [1.807, 2.05) is 57.3 Å². The zero-order valence-electron chi connectivity index (χ0n) is 22.1. The molecule has 3 N–H and O–H groups in total. The Labute approximate surface area is 229 Å². The highest BCUT2D eigenvalue weighted by atomic mass is 16.1. The average Bonchev–Trinajstić information content (AvgIpc) is 3.48. The Bertz CT molecular complexity index is 1960. The number of amides is 1. The summed E-state index contributed by atoms with van der Waals surface area (Å²) in [4.78, 5) is 17.7. The molecule has 1 amide bonds. The molecule has 40 heavy (non-hydrogen) atoms. The predicted octanol–water partition coefficient (Wildman–Crippen LogP) is 3.85. The number of hydrogen-bond acceptors (Lipinski definition) is 7. The van der Waals surface area contributed by atoms with E-state index in [0.29, 0.717) is 11.2 Å². The van der Waals surface area contributed by atoms with E-state index >= 15 is 0 Å². The third-order valence-electron chi connectivity index (χ3n) is 6.93. The number of aromatic nitrogens is 7. The van der Waals surface area contributed by atoms with E-state index in [2.05, 4.69) is 48.6 Å². The summed E-state index contributed by atoms with van der Waals surface area (Å²) in [7, 11) is 1.89. The van der Waals surface area contributed by atoms with Gasteiger partial charge in [0.1, 0.15) is 5.56 Å². The maximum absolute atomic E-state index is 13.4. The minimum absolute atomic E-state index is 0.114. The molecule has 1 unspecified atom stereocenters. The summed E-state index contributed by atoms with van der Waals surface area (Å²) in [5, 5.41) is 21.0. The Morgan fingerprint density at radius 1 is 1.07 bits per heavy atom. The van der Waals surface area contributed by atoms with Crippen molar-refractivity contribution >= 4 is 28.3 Å². The summed E-state index contributed by atoms with van der Waals surface area (Å²) in [6.45, 7) is 3.90. The molecule has 0 saturated carbocycles. The lowest BCUT2D eigenvalue weighted by Crippen LogP contribution is -2.27. The van der Waals surface area contributed by atoms with E-state index in [0.717, 1.165) is 38.9 Å². The maximum atomic E-state index is 13.4. The highest BCUT2D eigenvalue weighted by molar-refractivity contribution is 6.04. The Morgan fingerprint density at radius 3 is 2.65 bits per heavy atom. The van der Waals surface area contributed by atoms with Gasteiger partial charge < -0.3 is 11.1 Å². The highest BCUT2D eigenvalue weighted by Gasteiger charge is 2.23. The molecule has 10 heteroatoms. The van der Waals surface area contributed by atoms with Crippen LogP contribution in [-0.4, -0.2) is 40.5 Å². The minimum atomic E-state index is -0.403. The lowest BCUT2D eigenvalue weighted by atomic mass is 9.92. The van der Waals surface area contributed by atoms with Crippen LogP contribution in [0.15, 0.2) is 73.3 Å². The summed E-state index contributed by atoms with van der Waals surface area (Å²) in [6, 6.07) is 15.3. The Kier molecular flexibility index (Phi) is 6.16. The topological polar surface area (TPSA) is 129 Å². The number of nitrogens with zero attached hydrogens (tertiary/aromatic N) is 7. The Hall–Kier alpha value is -5.56. The first-order chi connectivity index (χ1) is 19.4. The molecule has 0 radical (unpaired) electrons. The second-order valence-corrected chi connectivity index (χ2v) is 9.44. The van der Waals surface area contributed by atoms with Gasteiger partial charge in [0.2, 0.25) is 0 Å². The van der Waals surface area contributed by atoms with Crippen molar-refractivity contribution in [3.05, 3.63) is 101 Å². The first-order valence-corrected chi connectivity index (χ1v) is 12.7. The monoisotopic (exact) mass is 527 g/mol. The van der Waals surface area contributed by atoms with Crippen molar-refractivity contribution in [2.24, 2.45) is 7.05 Å². The van der Waals surface area contributed by atoms with Crippen LogP contribution in [0.4, 0.5) is 5.82 Å². The summed E-state index contributed by atoms with van der Waals surface area (Å²) in [5.41, 5.74) is 12.8. The molecule has 0 aliphatic carbocycles. The molecule has 196 valence electrons. The van der Waals surface area contributed by atoms with Crippen molar-refractivity contribution in [1.82, 2.24) is 39.9 Å². The number of hydrogen-bond donors (Lipinski definition) is 2. The van der Waals surface area contributed by atoms with Crippen LogP contribution < -0.4 is 11.1 Å². The normalized spacial score (nSPS) is 11.8. The van der Waals surface area contributed by atoms with Crippen molar-refractivity contribution in [3.8, 4) is 23.0 Å². The van der Waals surface area contributed by atoms with E-state index in [-0.39, 0.29) is 17.3 Å². The van der Waals surface area contributed by atoms with Crippen molar-refractivity contribution in [2.75, 3.05) is 5.73 Å². The van der Waals surface area contributed by atoms with Gasteiger partial charge in [0, 0.05) is 24.8 Å². The molecule has 0 spiro atoms. The first-order valence-electron chi connectivity index (χ1n) is 12.7. The van der Waals surface area contributed by atoms with Crippen molar-refractivity contribution < 1.29 is 4.79 Å². The number of nitrogens with two attached hydrogens (primary N) is 1. The molecular formula is C30H25N9O. The molecule has 6 rings (SSSR count). The van der Waals surface area contributed by atoms with Crippen molar-refractivity contribution in [1.29, 1.82) is 0 Å². The molecule has 0 saturated heterocycles. The molecule has 4 aromatic heterocycles. The molecule has 6 aromatic rings. The van der Waals surface area contributed by atoms with Crippen LogP contribution in [0.1, 0.15) is 45.7 Å². The molecule has 0 bridgehead atoms. The molecule has 4 heterocycles. The van der Waals surface area contributed by atoms with E-state index in [4.69, 9.17) is 5.73 Å². The summed E-state index contributed by atoms with van der Waals surface area (Å²) in [6.07, 6.45) is 6.72. The number of nitrogens with one attached hydrogen (secondary N) is 1. The fourth-order valence-corrected chi connectivity index (χ4v) is 4.67. The van der Waals surface area contributed by atoms with E-state index in [9.17, 15) is 4.79 Å². The highest BCUT2D eigenvalue weighted by Crippen LogP contribution is 2.33. The van der Waals surface area contributed by atoms with Crippen LogP contribution in [-0.2, 0) is 7.05 Å². The van der Waals surface area contributed by atoms with Gasteiger partial charge in [-0.05, 0) is 48.7 Å². The average molecular weight is 528 g/mol. The van der Waals surface area contributed by atoms with Crippen molar-refractivity contribution in [2.45, 2.75) is 19.9 Å². The van der Waals surface area contributed by atoms with E-state index < -0.39 is 6.04 Å². The van der Waals surface area contributed by atoms with E-state index in [1.54, 1.807) is 35.5 Å². The van der Waals surface area contributed by atoms with Crippen LogP contribution in [0.3, 0.4) is 0 Å². The van der Waals surface area contributed by atoms with Crippen LogP contribution >= 0.6 is 0 Å². The number of rotatable bonds is 4. The SMILES string of the molecule is Cc1c(C#Cc2cnnc3cc(C(C)NC(=O)c4c(N)nn5cccnc45)c(-c4ccccc4)cc23)cnn1C. The summed E-state index contributed by atoms with van der Waals surface area (Å²) >= 11 is 0. The number of nitrogen functional groups attached to an aromatic ring is 1. The second kappa shape index (κ2) is 9.96. The smallest absolute Gasteiger partial charge is 0.259 e. The summed E-state index contributed by atoms with van der Waals surface area (Å²) < 4.78 is 3.28. The quantitative estimate of drug-likeness (QED) is 0.333. The van der Waals surface area contributed by atoms with Gasteiger partial charge in [-0.3, -0.25) is 9.48 Å². The number of anilines is 1. The maximum Gasteiger partial charge on any atom is 0.259 e. The predicted molar refractivity (Wildman–Crippen MR) is 152 cm³/mol. The Morgan fingerprint density at radius 2 is 1.88 bits per heavy atom. The van der Waals surface area contributed by atoms with Crippen LogP contribution in [0, 0.1) is 18.8 Å². The zero-order chi connectivity index (χ0) is 27.8. The van der Waals surface area contributed by atoms with Gasteiger partial charge in [-0.15, -0.1) is 5.10 Å². The second-order valence-electron chi connectivity index (χ2n) is 9.44. The van der Waals surface area contributed by atoms with Crippen LogP contribution in [0.25, 0.3) is 27.7 Å². The molecule has 1 atom stereocenters. The summed E-state index contributed by atoms with van der Waals surface area (Å²) in [5.74, 6) is 6.22. The van der Waals surface area contributed by atoms with Crippen LogP contribution in [0.5, 0.6) is 0 Å². The molecule has 0 aliphatic rings. The van der Waals surface area contributed by atoms with E-state index in [1.165, 1.54) is 4.52 Å². The van der Waals surface area contributed by atoms with Crippen molar-refractivity contribution in [3.63, 3.8) is 0 Å². The third-order valence-corrected chi connectivity index (χ3v) is 6.93. The molecule has 0 aliphatic heterocycles. The lowest BCUT2D eigenvalue weighted by Gasteiger charge is -2.19. The van der Waals surface area contributed by atoms with Gasteiger partial charge in [0.25, 0.3) is 5.91 Å². The molecule has 10 nitrogen and oxygen atoms in total. The number of benzene rings is 2. The largest absolute Gasteiger partial charge is 0.381 e. The van der Waals surface area contributed by atoms with Gasteiger partial charge >= 0.3 is 0 Å². The van der Waals surface area contributed by atoms with Gasteiger partial charge in [-0.2, -0.15) is 15.3 Å². The fourth-order valence-electron chi connectivity index (χ4n) is 4.67.